The Bertz CT molecular complexity index is 325. The minimum Gasteiger partial charge on any atom is -0.377 e. The summed E-state index contributed by atoms with van der Waals surface area (Å²) in [4.78, 5) is 0. The van der Waals surface area contributed by atoms with Gasteiger partial charge in [-0.15, -0.1) is 0 Å². The highest BCUT2D eigenvalue weighted by molar-refractivity contribution is 5.07. The summed E-state index contributed by atoms with van der Waals surface area (Å²) in [5, 5.41) is 7.86. The molecule has 18 heavy (non-hydrogen) atoms. The minimum atomic E-state index is 0.278. The molecule has 0 bridgehead atoms. The molecule has 1 N–H and O–H groups in total. The number of hydrogen-bond donors (Lipinski definition) is 1. The lowest BCUT2D eigenvalue weighted by atomic mass is 10.0. The summed E-state index contributed by atoms with van der Waals surface area (Å²) in [5.41, 5.74) is 1.28. The van der Waals surface area contributed by atoms with Crippen molar-refractivity contribution in [2.45, 2.75) is 59.2 Å². The van der Waals surface area contributed by atoms with E-state index in [0.29, 0.717) is 6.04 Å². The van der Waals surface area contributed by atoms with Crippen molar-refractivity contribution < 1.29 is 4.74 Å². The fraction of sp³-hybridized carbons (Fsp3) is 0.786. The van der Waals surface area contributed by atoms with Crippen LogP contribution in [0.1, 0.15) is 39.7 Å². The fourth-order valence-electron chi connectivity index (χ4n) is 2.27. The maximum absolute atomic E-state index is 5.82. The molecule has 0 aliphatic heterocycles. The number of nitrogens with zero attached hydrogens (tertiary/aromatic N) is 2. The van der Waals surface area contributed by atoms with E-state index in [4.69, 9.17) is 4.74 Å². The van der Waals surface area contributed by atoms with Crippen LogP contribution in [-0.2, 0) is 17.7 Å². The highest BCUT2D eigenvalue weighted by Crippen LogP contribution is 2.11. The average molecular weight is 253 g/mol. The van der Waals surface area contributed by atoms with Crippen LogP contribution >= 0.6 is 0 Å². The SMILES string of the molecule is CCNC(Cc1cnn(CC)c1)C(CC)OCC. The molecule has 2 atom stereocenters. The van der Waals surface area contributed by atoms with Gasteiger partial charge in [0.2, 0.25) is 0 Å². The zero-order valence-corrected chi connectivity index (χ0v) is 12.1. The molecule has 0 aliphatic carbocycles. The van der Waals surface area contributed by atoms with Crippen molar-refractivity contribution in [2.24, 2.45) is 0 Å². The van der Waals surface area contributed by atoms with Crippen LogP contribution in [0.5, 0.6) is 0 Å². The molecule has 4 nitrogen and oxygen atoms in total. The molecule has 0 radical (unpaired) electrons. The Morgan fingerprint density at radius 2 is 2.11 bits per heavy atom. The molecule has 0 saturated carbocycles. The summed E-state index contributed by atoms with van der Waals surface area (Å²) in [6.07, 6.45) is 6.38. The lowest BCUT2D eigenvalue weighted by molar-refractivity contribution is 0.0323. The third-order valence-electron chi connectivity index (χ3n) is 3.16. The summed E-state index contributed by atoms with van der Waals surface area (Å²) in [6, 6.07) is 0.370. The van der Waals surface area contributed by atoms with Crippen LogP contribution in [0.3, 0.4) is 0 Å². The quantitative estimate of drug-likeness (QED) is 0.733. The van der Waals surface area contributed by atoms with Crippen molar-refractivity contribution >= 4 is 0 Å². The molecule has 0 aromatic carbocycles. The molecule has 0 aliphatic rings. The van der Waals surface area contributed by atoms with E-state index in [1.54, 1.807) is 0 Å². The first-order chi connectivity index (χ1) is 8.74. The van der Waals surface area contributed by atoms with Crippen LogP contribution in [-0.4, -0.2) is 35.1 Å². The predicted octanol–water partition coefficient (Wildman–Crippen LogP) is 2.24. The Balaban J connectivity index is 2.65. The lowest BCUT2D eigenvalue weighted by Crippen LogP contribution is -2.42. The summed E-state index contributed by atoms with van der Waals surface area (Å²) in [7, 11) is 0. The molecule has 0 saturated heterocycles. The van der Waals surface area contributed by atoms with E-state index in [1.165, 1.54) is 5.56 Å². The third kappa shape index (κ3) is 4.42. The van der Waals surface area contributed by atoms with Gasteiger partial charge in [-0.3, -0.25) is 4.68 Å². The molecule has 1 heterocycles. The van der Waals surface area contributed by atoms with Gasteiger partial charge in [-0.05, 0) is 38.8 Å². The summed E-state index contributed by atoms with van der Waals surface area (Å²) in [6.45, 7) is 11.1. The largest absolute Gasteiger partial charge is 0.377 e. The van der Waals surface area contributed by atoms with Crippen molar-refractivity contribution in [3.63, 3.8) is 0 Å². The minimum absolute atomic E-state index is 0.278. The van der Waals surface area contributed by atoms with E-state index < -0.39 is 0 Å². The summed E-state index contributed by atoms with van der Waals surface area (Å²) in [5.74, 6) is 0. The van der Waals surface area contributed by atoms with Crippen LogP contribution in [0.15, 0.2) is 12.4 Å². The van der Waals surface area contributed by atoms with Crippen molar-refractivity contribution in [1.29, 1.82) is 0 Å². The molecule has 1 aromatic rings. The van der Waals surface area contributed by atoms with E-state index in [9.17, 15) is 0 Å². The van der Waals surface area contributed by atoms with Crippen LogP contribution in [0.4, 0.5) is 0 Å². The number of nitrogens with one attached hydrogen (secondary N) is 1. The summed E-state index contributed by atoms with van der Waals surface area (Å²) >= 11 is 0. The maximum Gasteiger partial charge on any atom is 0.0728 e. The fourth-order valence-corrected chi connectivity index (χ4v) is 2.27. The average Bonchev–Trinajstić information content (AvgIpc) is 2.83. The first-order valence-corrected chi connectivity index (χ1v) is 7.11. The first-order valence-electron chi connectivity index (χ1n) is 7.11. The zero-order chi connectivity index (χ0) is 13.4. The van der Waals surface area contributed by atoms with Gasteiger partial charge in [0.1, 0.15) is 0 Å². The molecular formula is C14H27N3O. The van der Waals surface area contributed by atoms with E-state index in [2.05, 4.69) is 44.3 Å². The number of aromatic nitrogens is 2. The molecule has 1 aromatic heterocycles. The van der Waals surface area contributed by atoms with Gasteiger partial charge < -0.3 is 10.1 Å². The van der Waals surface area contributed by atoms with Crippen molar-refractivity contribution in [3.8, 4) is 0 Å². The second-order valence-corrected chi connectivity index (χ2v) is 4.47. The monoisotopic (exact) mass is 253 g/mol. The predicted molar refractivity (Wildman–Crippen MR) is 74.8 cm³/mol. The van der Waals surface area contributed by atoms with Gasteiger partial charge in [-0.2, -0.15) is 5.10 Å². The molecule has 4 heteroatoms. The Morgan fingerprint density at radius 3 is 2.61 bits per heavy atom. The highest BCUT2D eigenvalue weighted by atomic mass is 16.5. The van der Waals surface area contributed by atoms with E-state index >= 15 is 0 Å². The standard InChI is InChI=1S/C14H27N3O/c1-5-14(18-8-4)13(15-6-2)9-12-10-16-17(7-3)11-12/h10-11,13-15H,5-9H2,1-4H3. The van der Waals surface area contributed by atoms with E-state index in [-0.39, 0.29) is 6.10 Å². The normalized spacial score (nSPS) is 14.7. The Labute approximate surface area is 111 Å². The maximum atomic E-state index is 5.82. The van der Waals surface area contributed by atoms with Crippen LogP contribution in [0, 0.1) is 0 Å². The molecule has 0 amide bonds. The number of rotatable bonds is 9. The van der Waals surface area contributed by atoms with Gasteiger partial charge in [0.15, 0.2) is 0 Å². The topological polar surface area (TPSA) is 39.1 Å². The third-order valence-corrected chi connectivity index (χ3v) is 3.16. The second kappa shape index (κ2) is 8.27. The number of ether oxygens (including phenoxy) is 1. The van der Waals surface area contributed by atoms with Crippen LogP contribution < -0.4 is 5.32 Å². The Hall–Kier alpha value is -0.870. The molecule has 1 rings (SSSR count). The molecule has 2 unspecified atom stereocenters. The van der Waals surface area contributed by atoms with Crippen LogP contribution in [0.25, 0.3) is 0 Å². The van der Waals surface area contributed by atoms with Gasteiger partial charge in [0.25, 0.3) is 0 Å². The summed E-state index contributed by atoms with van der Waals surface area (Å²) < 4.78 is 7.79. The van der Waals surface area contributed by atoms with Gasteiger partial charge in [0, 0.05) is 25.4 Å². The van der Waals surface area contributed by atoms with Gasteiger partial charge in [-0.25, -0.2) is 0 Å². The number of hydrogen-bond acceptors (Lipinski definition) is 3. The molecule has 104 valence electrons. The molecular weight excluding hydrogens is 226 g/mol. The van der Waals surface area contributed by atoms with Crippen LogP contribution in [0.2, 0.25) is 0 Å². The Morgan fingerprint density at radius 1 is 1.33 bits per heavy atom. The van der Waals surface area contributed by atoms with Gasteiger partial charge in [0.05, 0.1) is 12.3 Å². The number of aryl methyl sites for hydroxylation is 1. The lowest BCUT2D eigenvalue weighted by Gasteiger charge is -2.26. The highest BCUT2D eigenvalue weighted by Gasteiger charge is 2.20. The van der Waals surface area contributed by atoms with Crippen molar-refractivity contribution in [2.75, 3.05) is 13.2 Å². The van der Waals surface area contributed by atoms with Crippen molar-refractivity contribution in [1.82, 2.24) is 15.1 Å². The molecule has 0 fully saturated rings. The van der Waals surface area contributed by atoms with Crippen molar-refractivity contribution in [3.05, 3.63) is 18.0 Å². The zero-order valence-electron chi connectivity index (χ0n) is 12.1. The molecule has 0 spiro atoms. The second-order valence-electron chi connectivity index (χ2n) is 4.47. The van der Waals surface area contributed by atoms with E-state index in [1.807, 2.05) is 10.9 Å². The first kappa shape index (κ1) is 15.2. The number of likely N-dealkylation sites (N-methyl/N-ethyl adjacent to an activating group) is 1. The Kier molecular flexibility index (Phi) is 6.98. The van der Waals surface area contributed by atoms with Gasteiger partial charge >= 0.3 is 0 Å². The smallest absolute Gasteiger partial charge is 0.0728 e. The van der Waals surface area contributed by atoms with E-state index in [0.717, 1.165) is 32.5 Å². The van der Waals surface area contributed by atoms with Gasteiger partial charge in [-0.1, -0.05) is 13.8 Å².